The Morgan fingerprint density at radius 2 is 1.61 bits per heavy atom. The molecule has 1 aromatic carbocycles. The molecule has 0 aromatic heterocycles. The fraction of sp³-hybridized carbons (Fsp3) is 0.579. The number of hydrogen-bond acceptors (Lipinski definition) is 1. The normalized spacial score (nSPS) is 11.2. The summed E-state index contributed by atoms with van der Waals surface area (Å²) in [7, 11) is 4.32. The minimum atomic E-state index is 0. The third-order valence-corrected chi connectivity index (χ3v) is 3.49. The molecule has 0 N–H and O–H groups in total. The topological polar surface area (TPSA) is 9.23 Å². The second kappa shape index (κ2) is 16.3. The molecule has 0 spiro atoms. The van der Waals surface area contributed by atoms with Crippen LogP contribution < -0.4 is 0 Å². The van der Waals surface area contributed by atoms with Gasteiger partial charge in [-0.2, -0.15) is 4.65 Å². The van der Waals surface area contributed by atoms with Crippen molar-refractivity contribution >= 4 is 24.8 Å². The predicted molar refractivity (Wildman–Crippen MR) is 107 cm³/mol. The summed E-state index contributed by atoms with van der Waals surface area (Å²) in [6, 6.07) is 11.1. The van der Waals surface area contributed by atoms with Crippen LogP contribution in [0.1, 0.15) is 58.1 Å². The lowest BCUT2D eigenvalue weighted by molar-refractivity contribution is -1.10. The molecule has 0 aliphatic carbocycles. The van der Waals surface area contributed by atoms with Gasteiger partial charge in [-0.25, -0.2) is 4.84 Å². The summed E-state index contributed by atoms with van der Waals surface area (Å²) in [5, 5.41) is 0. The lowest BCUT2D eigenvalue weighted by Gasteiger charge is -2.35. The molecule has 1 atom stereocenters. The van der Waals surface area contributed by atoms with E-state index in [2.05, 4.69) is 64.9 Å². The van der Waals surface area contributed by atoms with Gasteiger partial charge in [0.2, 0.25) is 0 Å². The van der Waals surface area contributed by atoms with Gasteiger partial charge in [0.05, 0.1) is 14.1 Å². The van der Waals surface area contributed by atoms with Gasteiger partial charge < -0.3 is 0 Å². The first kappa shape index (κ1) is 27.3. The van der Waals surface area contributed by atoms with Gasteiger partial charge in [0.15, 0.2) is 0 Å². The monoisotopic (exact) mass is 364 g/mol. The molecule has 0 saturated carbocycles. The number of benzene rings is 1. The average Bonchev–Trinajstić information content (AvgIpc) is 2.46. The third-order valence-electron chi connectivity index (χ3n) is 3.49. The van der Waals surface area contributed by atoms with Crippen molar-refractivity contribution in [2.75, 3.05) is 20.7 Å². The maximum Gasteiger partial charge on any atom is 0.144 e. The molecule has 2 nitrogen and oxygen atoms in total. The minimum absolute atomic E-state index is 0. The molecule has 1 rings (SSSR count). The molecule has 0 radical (unpaired) electrons. The first-order chi connectivity index (χ1) is 10.0. The van der Waals surface area contributed by atoms with Crippen LogP contribution in [0.3, 0.4) is 0 Å². The standard InChI is InChI=1S/C16H28NO.C3H6.2ClH/c1-5-7-11-14-18-17(3,4)16(6-2)15-12-9-8-10-13-15;1-3-2;;/h8-10,12-13,16H,5-7,11,14H2,1-4H3;3H,1H2,2H3;2*1H/q+1;;;. The number of quaternary nitrogens is 1. The summed E-state index contributed by atoms with van der Waals surface area (Å²) in [6.07, 6.45) is 6.49. The maximum atomic E-state index is 6.08. The lowest BCUT2D eigenvalue weighted by Crippen LogP contribution is -2.43. The third kappa shape index (κ3) is 11.6. The Labute approximate surface area is 156 Å². The van der Waals surface area contributed by atoms with Crippen LogP contribution in [0, 0.1) is 0 Å². The van der Waals surface area contributed by atoms with E-state index in [9.17, 15) is 0 Å². The molecule has 0 aliphatic heterocycles. The van der Waals surface area contributed by atoms with Crippen molar-refractivity contribution in [1.82, 2.24) is 0 Å². The van der Waals surface area contributed by atoms with Gasteiger partial charge in [-0.3, -0.25) is 0 Å². The average molecular weight is 365 g/mol. The highest BCUT2D eigenvalue weighted by Gasteiger charge is 2.30. The fourth-order valence-electron chi connectivity index (χ4n) is 2.45. The molecule has 0 heterocycles. The second-order valence-electron chi connectivity index (χ2n) is 5.72. The molecular weight excluding hydrogens is 329 g/mol. The van der Waals surface area contributed by atoms with E-state index in [1.54, 1.807) is 6.08 Å². The number of unbranched alkanes of at least 4 members (excludes halogenated alkanes) is 2. The smallest absolute Gasteiger partial charge is 0.144 e. The zero-order chi connectivity index (χ0) is 16.1. The molecular formula is C19H36Cl2NO+. The zero-order valence-corrected chi connectivity index (χ0v) is 17.1. The van der Waals surface area contributed by atoms with Crippen molar-refractivity contribution < 1.29 is 9.48 Å². The molecule has 0 aliphatic rings. The van der Waals surface area contributed by atoms with Crippen LogP contribution in [0.2, 0.25) is 0 Å². The molecule has 0 fully saturated rings. The minimum Gasteiger partial charge on any atom is -0.203 e. The van der Waals surface area contributed by atoms with Gasteiger partial charge in [0, 0.05) is 12.0 Å². The molecule has 4 heteroatoms. The summed E-state index contributed by atoms with van der Waals surface area (Å²) in [5.74, 6) is 0. The largest absolute Gasteiger partial charge is 0.203 e. The molecule has 0 bridgehead atoms. The van der Waals surface area contributed by atoms with Gasteiger partial charge in [-0.15, -0.1) is 31.4 Å². The summed E-state index contributed by atoms with van der Waals surface area (Å²) in [4.78, 5) is 6.08. The maximum absolute atomic E-state index is 6.08. The van der Waals surface area contributed by atoms with E-state index in [0.29, 0.717) is 10.7 Å². The molecule has 1 aromatic rings. The van der Waals surface area contributed by atoms with Crippen molar-refractivity contribution in [2.45, 2.75) is 52.5 Å². The summed E-state index contributed by atoms with van der Waals surface area (Å²) in [5.41, 5.74) is 1.36. The van der Waals surface area contributed by atoms with Crippen LogP contribution in [0.15, 0.2) is 43.0 Å². The predicted octanol–water partition coefficient (Wildman–Crippen LogP) is 6.37. The summed E-state index contributed by atoms with van der Waals surface area (Å²) in [6.45, 7) is 10.6. The first-order valence-corrected chi connectivity index (χ1v) is 8.13. The van der Waals surface area contributed by atoms with Gasteiger partial charge in [0.25, 0.3) is 0 Å². The Bertz CT molecular complexity index is 369. The summed E-state index contributed by atoms with van der Waals surface area (Å²) < 4.78 is 0.615. The highest BCUT2D eigenvalue weighted by molar-refractivity contribution is 5.85. The van der Waals surface area contributed by atoms with Crippen LogP contribution in [0.5, 0.6) is 0 Å². The molecule has 1 unspecified atom stereocenters. The van der Waals surface area contributed by atoms with Crippen LogP contribution in [0.25, 0.3) is 0 Å². The molecule has 136 valence electrons. The van der Waals surface area contributed by atoms with Gasteiger partial charge in [-0.1, -0.05) is 63.1 Å². The Morgan fingerprint density at radius 3 is 2.04 bits per heavy atom. The van der Waals surface area contributed by atoms with E-state index >= 15 is 0 Å². The van der Waals surface area contributed by atoms with Gasteiger partial charge in [-0.05, 0) is 13.3 Å². The van der Waals surface area contributed by atoms with Crippen molar-refractivity contribution in [2.24, 2.45) is 0 Å². The Morgan fingerprint density at radius 1 is 1.09 bits per heavy atom. The Kier molecular flexibility index (Phi) is 19.4. The number of hydrogen-bond donors (Lipinski definition) is 0. The number of allylic oxidation sites excluding steroid dienone is 1. The van der Waals surface area contributed by atoms with Crippen molar-refractivity contribution in [3.8, 4) is 0 Å². The highest BCUT2D eigenvalue weighted by atomic mass is 35.5. The quantitative estimate of drug-likeness (QED) is 0.225. The van der Waals surface area contributed by atoms with E-state index in [1.807, 2.05) is 6.92 Å². The van der Waals surface area contributed by atoms with Crippen molar-refractivity contribution in [3.63, 3.8) is 0 Å². The van der Waals surface area contributed by atoms with Gasteiger partial charge >= 0.3 is 0 Å². The lowest BCUT2D eigenvalue weighted by atomic mass is 10.0. The van der Waals surface area contributed by atoms with Crippen molar-refractivity contribution in [3.05, 3.63) is 48.6 Å². The highest BCUT2D eigenvalue weighted by Crippen LogP contribution is 2.28. The second-order valence-corrected chi connectivity index (χ2v) is 5.72. The molecule has 0 amide bonds. The van der Waals surface area contributed by atoms with Crippen molar-refractivity contribution in [1.29, 1.82) is 0 Å². The Balaban J connectivity index is -0.000000740. The van der Waals surface area contributed by atoms with Crippen LogP contribution >= 0.6 is 24.8 Å². The number of rotatable bonds is 8. The van der Waals surface area contributed by atoms with Crippen LogP contribution in [-0.4, -0.2) is 25.3 Å². The SMILES string of the molecule is C=CC.CCCCCO[N+](C)(C)C(CC)c1ccccc1.Cl.Cl. The van der Waals surface area contributed by atoms with E-state index in [4.69, 9.17) is 4.84 Å². The van der Waals surface area contributed by atoms with Crippen LogP contribution in [-0.2, 0) is 4.84 Å². The number of nitrogens with zero attached hydrogens (tertiary/aromatic N) is 1. The first-order valence-electron chi connectivity index (χ1n) is 8.13. The van der Waals surface area contributed by atoms with E-state index in [1.165, 1.54) is 18.4 Å². The number of halogens is 2. The van der Waals surface area contributed by atoms with E-state index in [0.717, 1.165) is 19.4 Å². The van der Waals surface area contributed by atoms with E-state index in [-0.39, 0.29) is 24.8 Å². The zero-order valence-electron chi connectivity index (χ0n) is 15.5. The molecule has 0 saturated heterocycles. The fourth-order valence-corrected chi connectivity index (χ4v) is 2.45. The Hall–Kier alpha value is -0.540. The van der Waals surface area contributed by atoms with E-state index < -0.39 is 0 Å². The summed E-state index contributed by atoms with van der Waals surface area (Å²) >= 11 is 0. The molecule has 23 heavy (non-hydrogen) atoms. The van der Waals surface area contributed by atoms with Crippen LogP contribution in [0.4, 0.5) is 0 Å². The van der Waals surface area contributed by atoms with Gasteiger partial charge in [0.1, 0.15) is 12.6 Å². The number of hydroxylamine groups is 3.